The van der Waals surface area contributed by atoms with Crippen LogP contribution in [0.5, 0.6) is 0 Å². The van der Waals surface area contributed by atoms with E-state index in [1.165, 1.54) is 21.5 Å². The number of hydrogen-bond acceptors (Lipinski definition) is 10. The van der Waals surface area contributed by atoms with Crippen LogP contribution in [0, 0.1) is 0 Å². The highest BCUT2D eigenvalue weighted by Crippen LogP contribution is 2.16. The van der Waals surface area contributed by atoms with E-state index in [4.69, 9.17) is 19.9 Å². The molecule has 0 radical (unpaired) electrons. The Morgan fingerprint density at radius 1 is 0.898 bits per heavy atom. The van der Waals surface area contributed by atoms with E-state index >= 15 is 0 Å². The summed E-state index contributed by atoms with van der Waals surface area (Å²) >= 11 is 5.05. The fraction of sp³-hybridized carbons (Fsp3) is 0.263. The third-order valence-electron chi connectivity index (χ3n) is 7.02. The summed E-state index contributed by atoms with van der Waals surface area (Å²) in [4.78, 5) is 10.2. The topological polar surface area (TPSA) is 87.1 Å². The second-order valence-corrected chi connectivity index (χ2v) is 13.8. The van der Waals surface area contributed by atoms with Gasteiger partial charge >= 0.3 is 0 Å². The largest absolute Gasteiger partial charge is 0.405 e. The number of ether oxygens (including phenoxy) is 3. The zero-order valence-corrected chi connectivity index (χ0v) is 30.7. The Morgan fingerprint density at radius 3 is 2.22 bits per heavy atom. The van der Waals surface area contributed by atoms with Crippen molar-refractivity contribution in [2.24, 2.45) is 10.7 Å². The van der Waals surface area contributed by atoms with Crippen LogP contribution in [0.15, 0.2) is 118 Å². The van der Waals surface area contributed by atoms with Crippen molar-refractivity contribution < 1.29 is 14.2 Å². The number of hydrogen-bond donors (Lipinski definition) is 1. The van der Waals surface area contributed by atoms with E-state index in [1.807, 2.05) is 61.1 Å². The van der Waals surface area contributed by atoms with E-state index in [0.717, 1.165) is 28.4 Å². The molecule has 0 amide bonds. The van der Waals surface area contributed by atoms with Crippen molar-refractivity contribution in [3.63, 3.8) is 0 Å². The molecule has 4 rings (SSSR count). The predicted octanol–water partition coefficient (Wildman–Crippen LogP) is 9.04. The van der Waals surface area contributed by atoms with Crippen molar-refractivity contribution in [3.05, 3.63) is 133 Å². The minimum Gasteiger partial charge on any atom is -0.405 e. The number of thiophene rings is 3. The molecule has 0 aliphatic rings. The monoisotopic (exact) mass is 715 g/mol. The molecule has 49 heavy (non-hydrogen) atoms. The maximum Gasteiger partial charge on any atom is 0.139 e. The molecule has 0 spiro atoms. The zero-order valence-electron chi connectivity index (χ0n) is 28.3. The van der Waals surface area contributed by atoms with Crippen LogP contribution in [0.4, 0.5) is 0 Å². The first-order valence-corrected chi connectivity index (χ1v) is 18.6. The number of aliphatic imine (C=N–C) groups is 1. The van der Waals surface area contributed by atoms with Gasteiger partial charge in [-0.05, 0) is 109 Å². The van der Waals surface area contributed by atoms with Gasteiger partial charge in [-0.2, -0.15) is 5.10 Å². The molecule has 4 aromatic heterocycles. The minimum absolute atomic E-state index is 0.152. The third-order valence-corrected chi connectivity index (χ3v) is 9.54. The van der Waals surface area contributed by atoms with E-state index in [2.05, 4.69) is 88.2 Å². The molecule has 8 nitrogen and oxygen atoms in total. The number of rotatable bonds is 21. The van der Waals surface area contributed by atoms with Crippen molar-refractivity contribution in [1.82, 2.24) is 14.7 Å². The Labute approximate surface area is 302 Å². The van der Waals surface area contributed by atoms with Gasteiger partial charge in [0.05, 0.1) is 24.6 Å². The number of likely N-dealkylation sites (N-methyl/N-ethyl adjacent to an activating group) is 1. The van der Waals surface area contributed by atoms with Gasteiger partial charge in [0.25, 0.3) is 0 Å². The minimum atomic E-state index is -0.350. The molecule has 0 saturated carbocycles. The number of nitrogens with zero attached hydrogens (tertiary/aromatic N) is 4. The smallest absolute Gasteiger partial charge is 0.139 e. The zero-order chi connectivity index (χ0) is 34.5. The first-order valence-electron chi connectivity index (χ1n) is 16.0. The molecule has 1 unspecified atom stereocenters. The lowest BCUT2D eigenvalue weighted by Crippen LogP contribution is -2.31. The predicted molar refractivity (Wildman–Crippen MR) is 209 cm³/mol. The lowest BCUT2D eigenvalue weighted by molar-refractivity contribution is -0.0914. The maximum atomic E-state index is 6.38. The lowest BCUT2D eigenvalue weighted by atomic mass is 10.2. The molecule has 0 aliphatic heterocycles. The molecule has 0 aromatic carbocycles. The summed E-state index contributed by atoms with van der Waals surface area (Å²) in [5, 5.41) is 10.8. The van der Waals surface area contributed by atoms with Gasteiger partial charge in [0.1, 0.15) is 26.3 Å². The molecule has 0 bridgehead atoms. The highest BCUT2D eigenvalue weighted by molar-refractivity contribution is 7.11. The quantitative estimate of drug-likeness (QED) is 0.0401. The molecule has 258 valence electrons. The first-order chi connectivity index (χ1) is 24.0. The van der Waals surface area contributed by atoms with Crippen molar-refractivity contribution in [2.75, 3.05) is 33.7 Å². The summed E-state index contributed by atoms with van der Waals surface area (Å²) in [7, 11) is 2.02. The van der Waals surface area contributed by atoms with Crippen LogP contribution in [-0.2, 0) is 20.9 Å². The highest BCUT2D eigenvalue weighted by Gasteiger charge is 2.13. The Kier molecular flexibility index (Phi) is 16.8. The van der Waals surface area contributed by atoms with Crippen molar-refractivity contribution >= 4 is 64.0 Å². The Morgan fingerprint density at radius 2 is 1.57 bits per heavy atom. The molecule has 2 N–H and O–H groups in total. The molecule has 0 fully saturated rings. The fourth-order valence-electron chi connectivity index (χ4n) is 4.13. The van der Waals surface area contributed by atoms with E-state index in [0.29, 0.717) is 19.9 Å². The van der Waals surface area contributed by atoms with Crippen LogP contribution >= 0.6 is 34.0 Å². The summed E-state index contributed by atoms with van der Waals surface area (Å²) < 4.78 is 20.2. The average Bonchev–Trinajstić information content (AvgIpc) is 3.95. The Balaban J connectivity index is 1.38. The van der Waals surface area contributed by atoms with Gasteiger partial charge in [-0.3, -0.25) is 4.99 Å². The van der Waals surface area contributed by atoms with Crippen LogP contribution in [-0.4, -0.2) is 60.2 Å². The molecule has 0 saturated heterocycles. The molecule has 1 atom stereocenters. The number of allylic oxidation sites excluding steroid dienone is 6. The van der Waals surface area contributed by atoms with Crippen molar-refractivity contribution in [1.29, 1.82) is 0 Å². The SMILES string of the molecule is CC/C(C)=C/C=C(/C=C/c1cccs1)N(C)COC(COC/N=C(/C=C\N)\C=C\c1cccs1)COCn1ccc(/C=C/c2cccs2)n1. The normalized spacial score (nSPS) is 14.0. The number of nitrogens with two attached hydrogens (primary N) is 1. The fourth-order valence-corrected chi connectivity index (χ4v) is 5.99. The van der Waals surface area contributed by atoms with Gasteiger partial charge in [0, 0.05) is 33.6 Å². The molecular weight excluding hydrogens is 671 g/mol. The van der Waals surface area contributed by atoms with Gasteiger partial charge in [0.2, 0.25) is 0 Å². The highest BCUT2D eigenvalue weighted by atomic mass is 32.1. The molecule has 4 aromatic rings. The molecule has 4 heterocycles. The molecular formula is C38H45N5O3S3. The van der Waals surface area contributed by atoms with E-state index in [9.17, 15) is 0 Å². The first kappa shape index (κ1) is 37.7. The second kappa shape index (κ2) is 21.8. The summed E-state index contributed by atoms with van der Waals surface area (Å²) in [5.74, 6) is 0. The van der Waals surface area contributed by atoms with E-state index < -0.39 is 0 Å². The molecule has 11 heteroatoms. The van der Waals surface area contributed by atoms with Gasteiger partial charge in [-0.1, -0.05) is 36.8 Å². The Bertz CT molecular complexity index is 1700. The summed E-state index contributed by atoms with van der Waals surface area (Å²) in [6.45, 7) is 5.67. The van der Waals surface area contributed by atoms with E-state index in [1.54, 1.807) is 44.8 Å². The van der Waals surface area contributed by atoms with Crippen LogP contribution in [0.3, 0.4) is 0 Å². The van der Waals surface area contributed by atoms with Gasteiger partial charge < -0.3 is 24.8 Å². The van der Waals surface area contributed by atoms with E-state index in [-0.39, 0.29) is 19.6 Å². The van der Waals surface area contributed by atoms with Crippen LogP contribution in [0.2, 0.25) is 0 Å². The summed E-state index contributed by atoms with van der Waals surface area (Å²) in [6, 6.07) is 14.3. The Hall–Kier alpha value is -4.10. The van der Waals surface area contributed by atoms with Gasteiger partial charge in [-0.15, -0.1) is 34.0 Å². The van der Waals surface area contributed by atoms with Gasteiger partial charge in [0.15, 0.2) is 0 Å². The van der Waals surface area contributed by atoms with Crippen LogP contribution in [0.1, 0.15) is 40.6 Å². The lowest BCUT2D eigenvalue weighted by Gasteiger charge is -2.24. The number of aromatic nitrogens is 2. The van der Waals surface area contributed by atoms with Crippen LogP contribution < -0.4 is 5.73 Å². The van der Waals surface area contributed by atoms with Gasteiger partial charge in [-0.25, -0.2) is 4.68 Å². The van der Waals surface area contributed by atoms with Crippen molar-refractivity contribution in [3.8, 4) is 0 Å². The molecule has 0 aliphatic carbocycles. The van der Waals surface area contributed by atoms with Crippen molar-refractivity contribution in [2.45, 2.75) is 33.1 Å². The standard InChI is InChI=1S/C38H45N5O3S3/c1-4-31(2)11-14-34(15-18-38-10-7-25-49-38)42(3)29-46-35(26-44-28-40-32(19-21-39)12-16-36-8-5-23-47-36)27-45-30-43-22-20-33(41-43)13-17-37-9-6-24-48-37/h5-25,35H,4,26-30,39H2,1-3H3/b16-12+,17-13+,18-15+,21-19-,31-11+,34-14-,40-32+. The maximum absolute atomic E-state index is 6.38. The average molecular weight is 716 g/mol. The summed E-state index contributed by atoms with van der Waals surface area (Å²) in [6.07, 6.45) is 22.3. The third kappa shape index (κ3) is 14.5. The second-order valence-electron chi connectivity index (χ2n) is 10.8. The summed E-state index contributed by atoms with van der Waals surface area (Å²) in [5.41, 5.74) is 9.58. The van der Waals surface area contributed by atoms with Crippen LogP contribution in [0.25, 0.3) is 24.3 Å².